The van der Waals surface area contributed by atoms with Crippen molar-refractivity contribution in [3.63, 3.8) is 0 Å². The van der Waals surface area contributed by atoms with Crippen LogP contribution in [0.1, 0.15) is 28.6 Å². The lowest BCUT2D eigenvalue weighted by atomic mass is 9.91. The molecule has 3 nitrogen and oxygen atoms in total. The largest absolute Gasteiger partial charge is 0.344 e. The van der Waals surface area contributed by atoms with Crippen molar-refractivity contribution in [2.24, 2.45) is 5.73 Å². The van der Waals surface area contributed by atoms with Crippen LogP contribution >= 0.6 is 0 Å². The third-order valence-corrected chi connectivity index (χ3v) is 3.41. The van der Waals surface area contributed by atoms with Crippen molar-refractivity contribution in [2.75, 3.05) is 0 Å². The molecule has 3 heteroatoms. The Bertz CT molecular complexity index is 619. The fourth-order valence-corrected chi connectivity index (χ4v) is 2.43. The van der Waals surface area contributed by atoms with Gasteiger partial charge in [-0.05, 0) is 11.1 Å². The number of benzene rings is 2. The van der Waals surface area contributed by atoms with Crippen molar-refractivity contribution >= 4 is 0 Å². The van der Waals surface area contributed by atoms with Crippen LogP contribution in [-0.4, -0.2) is 9.97 Å². The molecular weight excluding hydrogens is 246 g/mol. The summed E-state index contributed by atoms with van der Waals surface area (Å²) in [5.41, 5.74) is 9.06. The number of nitrogens with zero attached hydrogens (tertiary/aromatic N) is 1. The van der Waals surface area contributed by atoms with Gasteiger partial charge < -0.3 is 10.7 Å². The van der Waals surface area contributed by atoms with Gasteiger partial charge in [0.25, 0.3) is 0 Å². The molecule has 0 atom stereocenters. The number of hydrogen-bond donors (Lipinski definition) is 2. The SMILES string of the molecule is NCc1cnc(C(c2ccccc2)c2ccccc2)[nH]1. The molecule has 0 unspecified atom stereocenters. The molecule has 20 heavy (non-hydrogen) atoms. The van der Waals surface area contributed by atoms with E-state index in [-0.39, 0.29) is 5.92 Å². The Morgan fingerprint density at radius 2 is 1.45 bits per heavy atom. The van der Waals surface area contributed by atoms with Gasteiger partial charge in [0, 0.05) is 18.4 Å². The zero-order chi connectivity index (χ0) is 13.8. The van der Waals surface area contributed by atoms with Crippen LogP contribution in [0.3, 0.4) is 0 Å². The molecule has 1 heterocycles. The second kappa shape index (κ2) is 5.72. The Hall–Kier alpha value is -2.39. The van der Waals surface area contributed by atoms with Crippen LogP contribution in [0.25, 0.3) is 0 Å². The Kier molecular flexibility index (Phi) is 3.61. The maximum absolute atomic E-state index is 5.67. The molecule has 0 fully saturated rings. The van der Waals surface area contributed by atoms with Crippen LogP contribution in [0.15, 0.2) is 66.9 Å². The Labute approximate surface area is 118 Å². The van der Waals surface area contributed by atoms with Gasteiger partial charge in [0.1, 0.15) is 5.82 Å². The van der Waals surface area contributed by atoms with E-state index in [1.54, 1.807) is 0 Å². The second-order valence-corrected chi connectivity index (χ2v) is 4.75. The number of H-pyrrole nitrogens is 1. The molecule has 0 spiro atoms. The Balaban J connectivity index is 2.09. The van der Waals surface area contributed by atoms with Crippen molar-refractivity contribution in [1.82, 2.24) is 9.97 Å². The van der Waals surface area contributed by atoms with Crippen molar-refractivity contribution in [1.29, 1.82) is 0 Å². The molecule has 3 rings (SSSR count). The minimum absolute atomic E-state index is 0.109. The third-order valence-electron chi connectivity index (χ3n) is 3.41. The first kappa shape index (κ1) is 12.6. The topological polar surface area (TPSA) is 54.7 Å². The fourth-order valence-electron chi connectivity index (χ4n) is 2.43. The number of rotatable bonds is 4. The number of nitrogens with two attached hydrogens (primary N) is 1. The van der Waals surface area contributed by atoms with Crippen LogP contribution in [0, 0.1) is 0 Å². The molecular formula is C17H17N3. The van der Waals surface area contributed by atoms with Crippen LogP contribution in [0.4, 0.5) is 0 Å². The lowest BCUT2D eigenvalue weighted by Gasteiger charge is -2.15. The normalized spacial score (nSPS) is 10.9. The highest BCUT2D eigenvalue weighted by Gasteiger charge is 2.19. The van der Waals surface area contributed by atoms with Gasteiger partial charge in [0.15, 0.2) is 0 Å². The van der Waals surface area contributed by atoms with Gasteiger partial charge in [-0.3, -0.25) is 0 Å². The molecule has 0 aliphatic heterocycles. The summed E-state index contributed by atoms with van der Waals surface area (Å²) >= 11 is 0. The van der Waals surface area contributed by atoms with Crippen LogP contribution in [-0.2, 0) is 6.54 Å². The molecule has 100 valence electrons. The Morgan fingerprint density at radius 1 is 0.900 bits per heavy atom. The van der Waals surface area contributed by atoms with E-state index in [4.69, 9.17) is 5.73 Å². The molecule has 3 aromatic rings. The number of nitrogens with one attached hydrogen (secondary N) is 1. The first-order chi connectivity index (χ1) is 9.88. The summed E-state index contributed by atoms with van der Waals surface area (Å²) in [5, 5.41) is 0. The molecule has 0 aliphatic carbocycles. The number of aromatic nitrogens is 2. The molecule has 0 saturated heterocycles. The standard InChI is InChI=1S/C17H17N3/c18-11-15-12-19-17(20-15)16(13-7-3-1-4-8-13)14-9-5-2-6-10-14/h1-10,12,16H,11,18H2,(H,19,20). The maximum Gasteiger partial charge on any atom is 0.118 e. The van der Waals surface area contributed by atoms with Gasteiger partial charge in [0.05, 0.1) is 5.92 Å². The van der Waals surface area contributed by atoms with Gasteiger partial charge in [-0.1, -0.05) is 60.7 Å². The summed E-state index contributed by atoms with van der Waals surface area (Å²) in [7, 11) is 0. The van der Waals surface area contributed by atoms with Gasteiger partial charge in [-0.2, -0.15) is 0 Å². The summed E-state index contributed by atoms with van der Waals surface area (Å²) < 4.78 is 0. The van der Waals surface area contributed by atoms with E-state index in [0.29, 0.717) is 6.54 Å². The van der Waals surface area contributed by atoms with Crippen LogP contribution < -0.4 is 5.73 Å². The van der Waals surface area contributed by atoms with E-state index in [9.17, 15) is 0 Å². The number of aromatic amines is 1. The maximum atomic E-state index is 5.67. The average Bonchev–Trinajstić information content (AvgIpc) is 2.98. The summed E-state index contributed by atoms with van der Waals surface area (Å²) in [6.45, 7) is 0.475. The summed E-state index contributed by atoms with van der Waals surface area (Å²) in [6, 6.07) is 20.8. The van der Waals surface area contributed by atoms with E-state index in [0.717, 1.165) is 11.5 Å². The minimum atomic E-state index is 0.109. The van der Waals surface area contributed by atoms with E-state index in [1.165, 1.54) is 11.1 Å². The predicted octanol–water partition coefficient (Wildman–Crippen LogP) is 3.05. The van der Waals surface area contributed by atoms with Crippen LogP contribution in [0.2, 0.25) is 0 Å². The highest BCUT2D eigenvalue weighted by molar-refractivity contribution is 5.38. The number of hydrogen-bond acceptors (Lipinski definition) is 2. The summed E-state index contributed by atoms with van der Waals surface area (Å²) in [4.78, 5) is 7.83. The van der Waals surface area contributed by atoms with Crippen LogP contribution in [0.5, 0.6) is 0 Å². The highest BCUT2D eigenvalue weighted by atomic mass is 14.9. The number of imidazole rings is 1. The highest BCUT2D eigenvalue weighted by Crippen LogP contribution is 2.29. The van der Waals surface area contributed by atoms with Crippen molar-refractivity contribution in [2.45, 2.75) is 12.5 Å². The monoisotopic (exact) mass is 263 g/mol. The second-order valence-electron chi connectivity index (χ2n) is 4.75. The quantitative estimate of drug-likeness (QED) is 0.760. The predicted molar refractivity (Wildman–Crippen MR) is 80.3 cm³/mol. The van der Waals surface area contributed by atoms with Crippen molar-refractivity contribution in [3.8, 4) is 0 Å². The summed E-state index contributed by atoms with van der Waals surface area (Å²) in [6.07, 6.45) is 1.81. The Morgan fingerprint density at radius 3 is 1.90 bits per heavy atom. The molecule has 1 aromatic heterocycles. The lowest BCUT2D eigenvalue weighted by Crippen LogP contribution is -2.06. The van der Waals surface area contributed by atoms with Gasteiger partial charge in [0.2, 0.25) is 0 Å². The molecule has 0 aliphatic rings. The lowest BCUT2D eigenvalue weighted by molar-refractivity contribution is 0.871. The average molecular weight is 263 g/mol. The van der Waals surface area contributed by atoms with Gasteiger partial charge >= 0.3 is 0 Å². The molecule has 0 bridgehead atoms. The van der Waals surface area contributed by atoms with Gasteiger partial charge in [-0.15, -0.1) is 0 Å². The van der Waals surface area contributed by atoms with Crippen molar-refractivity contribution in [3.05, 3.63) is 89.5 Å². The molecule has 2 aromatic carbocycles. The van der Waals surface area contributed by atoms with Gasteiger partial charge in [-0.25, -0.2) is 4.98 Å². The van der Waals surface area contributed by atoms with Crippen molar-refractivity contribution < 1.29 is 0 Å². The zero-order valence-electron chi connectivity index (χ0n) is 11.2. The molecule has 3 N–H and O–H groups in total. The van der Waals surface area contributed by atoms with E-state index in [1.807, 2.05) is 18.3 Å². The molecule has 0 radical (unpaired) electrons. The summed E-state index contributed by atoms with van der Waals surface area (Å²) in [5.74, 6) is 1.04. The zero-order valence-corrected chi connectivity index (χ0v) is 11.2. The molecule has 0 saturated carbocycles. The van der Waals surface area contributed by atoms with E-state index >= 15 is 0 Å². The minimum Gasteiger partial charge on any atom is -0.344 e. The van der Waals surface area contributed by atoms with E-state index < -0.39 is 0 Å². The third kappa shape index (κ3) is 2.49. The first-order valence-corrected chi connectivity index (χ1v) is 6.72. The molecule has 0 amide bonds. The fraction of sp³-hybridized carbons (Fsp3) is 0.118. The smallest absolute Gasteiger partial charge is 0.118 e. The van der Waals surface area contributed by atoms with E-state index in [2.05, 4.69) is 58.5 Å². The first-order valence-electron chi connectivity index (χ1n) is 6.72.